The molecule has 0 amide bonds. The van der Waals surface area contributed by atoms with Crippen LogP contribution in [-0.2, 0) is 0 Å². The number of anilines is 1. The minimum Gasteiger partial charge on any atom is -0.504 e. The summed E-state index contributed by atoms with van der Waals surface area (Å²) in [6.07, 6.45) is 2.79. The van der Waals surface area contributed by atoms with Gasteiger partial charge in [0.2, 0.25) is 5.82 Å². The average Bonchev–Trinajstić information content (AvgIpc) is 3.36. The topological polar surface area (TPSA) is 79.5 Å². The Bertz CT molecular complexity index is 947. The number of nitrogens with zero attached hydrogens (tertiary/aromatic N) is 3. The SMILES string of the molecule is O=Cc1cc(-c2noc(-c3ccc(N4CCCC4)cc3)n2)cc(F)c1O. The van der Waals surface area contributed by atoms with Gasteiger partial charge in [-0.1, -0.05) is 5.16 Å². The van der Waals surface area contributed by atoms with Gasteiger partial charge in [-0.3, -0.25) is 4.79 Å². The Balaban J connectivity index is 1.62. The van der Waals surface area contributed by atoms with Gasteiger partial charge in [0.15, 0.2) is 17.9 Å². The molecule has 0 bridgehead atoms. The predicted molar refractivity (Wildman–Crippen MR) is 93.6 cm³/mol. The van der Waals surface area contributed by atoms with E-state index in [1.54, 1.807) is 0 Å². The maximum Gasteiger partial charge on any atom is 0.258 e. The first-order valence-corrected chi connectivity index (χ1v) is 8.33. The second-order valence-corrected chi connectivity index (χ2v) is 6.18. The van der Waals surface area contributed by atoms with E-state index in [2.05, 4.69) is 15.0 Å². The van der Waals surface area contributed by atoms with Gasteiger partial charge in [0, 0.05) is 29.9 Å². The minimum absolute atomic E-state index is 0.144. The monoisotopic (exact) mass is 353 g/mol. The third kappa shape index (κ3) is 2.92. The van der Waals surface area contributed by atoms with E-state index in [1.807, 2.05) is 24.3 Å². The third-order valence-corrected chi connectivity index (χ3v) is 4.49. The van der Waals surface area contributed by atoms with Crippen LogP contribution in [0.3, 0.4) is 0 Å². The van der Waals surface area contributed by atoms with Crippen molar-refractivity contribution in [2.75, 3.05) is 18.0 Å². The highest BCUT2D eigenvalue weighted by atomic mass is 19.1. The van der Waals surface area contributed by atoms with Crippen LogP contribution in [-0.4, -0.2) is 34.6 Å². The first kappa shape index (κ1) is 16.3. The molecule has 26 heavy (non-hydrogen) atoms. The number of aldehydes is 1. The Hall–Kier alpha value is -3.22. The van der Waals surface area contributed by atoms with E-state index in [1.165, 1.54) is 18.9 Å². The molecule has 1 aromatic heterocycles. The van der Waals surface area contributed by atoms with Gasteiger partial charge in [-0.2, -0.15) is 4.98 Å². The van der Waals surface area contributed by atoms with E-state index in [4.69, 9.17) is 4.52 Å². The van der Waals surface area contributed by atoms with E-state index >= 15 is 0 Å². The van der Waals surface area contributed by atoms with Gasteiger partial charge in [-0.05, 0) is 49.2 Å². The van der Waals surface area contributed by atoms with Crippen molar-refractivity contribution in [1.29, 1.82) is 0 Å². The first-order chi connectivity index (χ1) is 12.7. The molecule has 1 N–H and O–H groups in total. The summed E-state index contributed by atoms with van der Waals surface area (Å²) in [5, 5.41) is 13.3. The van der Waals surface area contributed by atoms with Crippen LogP contribution in [0.15, 0.2) is 40.9 Å². The summed E-state index contributed by atoms with van der Waals surface area (Å²) in [4.78, 5) is 17.5. The number of hydrogen-bond acceptors (Lipinski definition) is 6. The van der Waals surface area contributed by atoms with Crippen LogP contribution in [0.25, 0.3) is 22.8 Å². The molecule has 6 nitrogen and oxygen atoms in total. The molecule has 132 valence electrons. The van der Waals surface area contributed by atoms with E-state index in [0.717, 1.165) is 30.4 Å². The smallest absolute Gasteiger partial charge is 0.258 e. The molecule has 1 aliphatic rings. The van der Waals surface area contributed by atoms with Gasteiger partial charge in [0.25, 0.3) is 5.89 Å². The van der Waals surface area contributed by atoms with Crippen molar-refractivity contribution >= 4 is 12.0 Å². The van der Waals surface area contributed by atoms with Crippen LogP contribution in [0.2, 0.25) is 0 Å². The highest BCUT2D eigenvalue weighted by Crippen LogP contribution is 2.29. The summed E-state index contributed by atoms with van der Waals surface area (Å²) < 4.78 is 19.0. The van der Waals surface area contributed by atoms with Crippen LogP contribution in [0.1, 0.15) is 23.2 Å². The van der Waals surface area contributed by atoms with Gasteiger partial charge < -0.3 is 14.5 Å². The molecule has 0 unspecified atom stereocenters. The number of halogens is 1. The number of carbonyl (C=O) groups is 1. The number of carbonyl (C=O) groups excluding carboxylic acids is 1. The van der Waals surface area contributed by atoms with Crippen LogP contribution in [0.4, 0.5) is 10.1 Å². The zero-order valence-electron chi connectivity index (χ0n) is 13.9. The van der Waals surface area contributed by atoms with Gasteiger partial charge in [0.05, 0.1) is 5.56 Å². The molecule has 4 rings (SSSR count). The molecule has 1 aliphatic heterocycles. The lowest BCUT2D eigenvalue weighted by molar-refractivity contribution is 0.112. The first-order valence-electron chi connectivity index (χ1n) is 8.33. The second kappa shape index (κ2) is 6.59. The molecule has 0 saturated carbocycles. The molecule has 3 aromatic rings. The quantitative estimate of drug-likeness (QED) is 0.721. The summed E-state index contributed by atoms with van der Waals surface area (Å²) in [7, 11) is 0. The summed E-state index contributed by atoms with van der Waals surface area (Å²) in [6.45, 7) is 2.13. The third-order valence-electron chi connectivity index (χ3n) is 4.49. The van der Waals surface area contributed by atoms with E-state index in [-0.39, 0.29) is 17.0 Å². The zero-order chi connectivity index (χ0) is 18.1. The Labute approximate surface area is 148 Å². The molecule has 1 fully saturated rings. The van der Waals surface area contributed by atoms with Gasteiger partial charge in [-0.25, -0.2) is 4.39 Å². The van der Waals surface area contributed by atoms with Crippen molar-refractivity contribution in [2.45, 2.75) is 12.8 Å². The molecule has 0 radical (unpaired) electrons. The fourth-order valence-electron chi connectivity index (χ4n) is 3.09. The lowest BCUT2D eigenvalue weighted by atomic mass is 10.1. The highest BCUT2D eigenvalue weighted by Gasteiger charge is 2.16. The molecule has 7 heteroatoms. The Morgan fingerprint density at radius 3 is 2.54 bits per heavy atom. The standard InChI is InChI=1S/C19H16FN3O3/c20-16-10-13(9-14(11-24)17(16)25)18-21-19(26-22-18)12-3-5-15(6-4-12)23-7-1-2-8-23/h3-6,9-11,25H,1-2,7-8H2. The molecule has 0 aliphatic carbocycles. The minimum atomic E-state index is -0.911. The molecule has 2 aromatic carbocycles. The van der Waals surface area contributed by atoms with Crippen molar-refractivity contribution < 1.29 is 18.8 Å². The largest absolute Gasteiger partial charge is 0.504 e. The normalized spacial score (nSPS) is 14.0. The Kier molecular flexibility index (Phi) is 4.12. The highest BCUT2D eigenvalue weighted by molar-refractivity contribution is 5.82. The van der Waals surface area contributed by atoms with E-state index < -0.39 is 11.6 Å². The molecule has 0 atom stereocenters. The van der Waals surface area contributed by atoms with Crippen LogP contribution < -0.4 is 4.90 Å². The van der Waals surface area contributed by atoms with Crippen molar-refractivity contribution in [3.8, 4) is 28.6 Å². The molecular weight excluding hydrogens is 337 g/mol. The second-order valence-electron chi connectivity index (χ2n) is 6.18. The zero-order valence-corrected chi connectivity index (χ0v) is 13.9. The Morgan fingerprint density at radius 1 is 1.12 bits per heavy atom. The number of benzene rings is 2. The molecule has 2 heterocycles. The van der Waals surface area contributed by atoms with E-state index in [0.29, 0.717) is 12.2 Å². The summed E-state index contributed by atoms with van der Waals surface area (Å²) in [5.41, 5.74) is 2.00. The predicted octanol–water partition coefficient (Wildman–Crippen LogP) is 3.66. The maximum absolute atomic E-state index is 13.7. The number of phenolic OH excluding ortho intramolecular Hbond substituents is 1. The number of phenols is 1. The maximum atomic E-state index is 13.7. The van der Waals surface area contributed by atoms with Gasteiger partial charge in [-0.15, -0.1) is 0 Å². The van der Waals surface area contributed by atoms with Crippen molar-refractivity contribution in [3.63, 3.8) is 0 Å². The van der Waals surface area contributed by atoms with Gasteiger partial charge >= 0.3 is 0 Å². The Morgan fingerprint density at radius 2 is 1.85 bits per heavy atom. The number of hydrogen-bond donors (Lipinski definition) is 1. The summed E-state index contributed by atoms with van der Waals surface area (Å²) in [5.74, 6) is -1.16. The van der Waals surface area contributed by atoms with Crippen LogP contribution in [0.5, 0.6) is 5.75 Å². The van der Waals surface area contributed by atoms with Crippen LogP contribution >= 0.6 is 0 Å². The van der Waals surface area contributed by atoms with Crippen LogP contribution in [0, 0.1) is 5.82 Å². The van der Waals surface area contributed by atoms with Crippen molar-refractivity contribution in [2.24, 2.45) is 0 Å². The fraction of sp³-hybridized carbons (Fsp3) is 0.211. The fourth-order valence-corrected chi connectivity index (χ4v) is 3.09. The molecule has 0 spiro atoms. The summed E-state index contributed by atoms with van der Waals surface area (Å²) >= 11 is 0. The number of rotatable bonds is 4. The molecular formula is C19H16FN3O3. The number of aromatic hydroxyl groups is 1. The van der Waals surface area contributed by atoms with Crippen molar-refractivity contribution in [1.82, 2.24) is 10.1 Å². The van der Waals surface area contributed by atoms with Crippen molar-refractivity contribution in [3.05, 3.63) is 47.8 Å². The number of aromatic nitrogens is 2. The lowest BCUT2D eigenvalue weighted by Gasteiger charge is -2.17. The van der Waals surface area contributed by atoms with E-state index in [9.17, 15) is 14.3 Å². The van der Waals surface area contributed by atoms with Gasteiger partial charge in [0.1, 0.15) is 0 Å². The molecule has 1 saturated heterocycles. The summed E-state index contributed by atoms with van der Waals surface area (Å²) in [6, 6.07) is 10.2. The lowest BCUT2D eigenvalue weighted by Crippen LogP contribution is -2.17. The average molecular weight is 353 g/mol.